The van der Waals surface area contributed by atoms with Crippen molar-refractivity contribution in [1.82, 2.24) is 0 Å². The molecule has 0 spiro atoms. The number of hydrogen-bond acceptors (Lipinski definition) is 6. The van der Waals surface area contributed by atoms with Crippen molar-refractivity contribution in [2.75, 3.05) is 38.0 Å². The lowest BCUT2D eigenvalue weighted by Gasteiger charge is -2.22. The Balaban J connectivity index is 0.00000392. The van der Waals surface area contributed by atoms with E-state index in [0.717, 1.165) is 22.7 Å². The minimum Gasteiger partial charge on any atom is -0.492 e. The van der Waals surface area contributed by atoms with Gasteiger partial charge in [0.15, 0.2) is 6.04 Å². The SMILES string of the molecule is CCOc1ccc(C(Nc2ccc(C(=N)N)cc2)C(=O)OC)cc1N(C)C.Cl. The van der Waals surface area contributed by atoms with Crippen LogP contribution in [-0.2, 0) is 9.53 Å². The molecule has 7 nitrogen and oxygen atoms in total. The number of esters is 1. The highest BCUT2D eigenvalue weighted by molar-refractivity contribution is 5.95. The number of benzene rings is 2. The normalized spacial score (nSPS) is 11.0. The Morgan fingerprint density at radius 2 is 1.86 bits per heavy atom. The largest absolute Gasteiger partial charge is 0.492 e. The number of ether oxygens (including phenoxy) is 2. The molecule has 2 rings (SSSR count). The molecule has 1 atom stereocenters. The number of nitrogens with zero attached hydrogens (tertiary/aromatic N) is 1. The molecule has 0 heterocycles. The van der Waals surface area contributed by atoms with Gasteiger partial charge in [-0.15, -0.1) is 12.4 Å². The van der Waals surface area contributed by atoms with Crippen LogP contribution in [0.4, 0.5) is 11.4 Å². The Kier molecular flexibility index (Phi) is 8.60. The van der Waals surface area contributed by atoms with Crippen molar-refractivity contribution in [1.29, 1.82) is 5.41 Å². The smallest absolute Gasteiger partial charge is 0.332 e. The molecule has 0 aromatic heterocycles. The molecule has 0 radical (unpaired) electrons. The van der Waals surface area contributed by atoms with Crippen LogP contribution in [0.2, 0.25) is 0 Å². The molecule has 2 aromatic carbocycles. The lowest BCUT2D eigenvalue weighted by Crippen LogP contribution is -2.23. The van der Waals surface area contributed by atoms with Crippen LogP contribution in [0.15, 0.2) is 42.5 Å². The Bertz CT molecular complexity index is 810. The zero-order valence-electron chi connectivity index (χ0n) is 16.5. The third-order valence-electron chi connectivity index (χ3n) is 4.04. The van der Waals surface area contributed by atoms with Crippen molar-refractivity contribution >= 4 is 35.6 Å². The lowest BCUT2D eigenvalue weighted by atomic mass is 10.0. The first-order valence-corrected chi connectivity index (χ1v) is 8.60. The zero-order chi connectivity index (χ0) is 20.0. The Labute approximate surface area is 171 Å². The van der Waals surface area contributed by atoms with Gasteiger partial charge in [-0.05, 0) is 48.9 Å². The van der Waals surface area contributed by atoms with Gasteiger partial charge in [-0.25, -0.2) is 4.79 Å². The Morgan fingerprint density at radius 1 is 1.21 bits per heavy atom. The summed E-state index contributed by atoms with van der Waals surface area (Å²) >= 11 is 0. The standard InChI is InChI=1S/C20H26N4O3.ClH/c1-5-27-17-11-8-14(12-16(17)24(2)3)18(20(25)26-4)23-15-9-6-13(7-10-15)19(21)22;/h6-12,18,23H,5H2,1-4H3,(H3,21,22);1H. The van der Waals surface area contributed by atoms with Crippen LogP contribution in [0.3, 0.4) is 0 Å². The minimum atomic E-state index is -0.687. The van der Waals surface area contributed by atoms with Gasteiger partial charge >= 0.3 is 5.97 Å². The quantitative estimate of drug-likeness (QED) is 0.353. The highest BCUT2D eigenvalue weighted by atomic mass is 35.5. The van der Waals surface area contributed by atoms with E-state index in [1.807, 2.05) is 44.1 Å². The molecule has 0 fully saturated rings. The molecule has 0 amide bonds. The van der Waals surface area contributed by atoms with E-state index >= 15 is 0 Å². The molecule has 8 heteroatoms. The monoisotopic (exact) mass is 406 g/mol. The molecule has 0 aliphatic rings. The van der Waals surface area contributed by atoms with Gasteiger partial charge in [-0.1, -0.05) is 6.07 Å². The Hall–Kier alpha value is -2.93. The van der Waals surface area contributed by atoms with Gasteiger partial charge < -0.3 is 25.4 Å². The number of methoxy groups -OCH3 is 1. The van der Waals surface area contributed by atoms with E-state index in [0.29, 0.717) is 12.2 Å². The summed E-state index contributed by atoms with van der Waals surface area (Å²) in [5, 5.41) is 10.6. The van der Waals surface area contributed by atoms with Crippen molar-refractivity contribution in [2.45, 2.75) is 13.0 Å². The molecule has 152 valence electrons. The maximum Gasteiger partial charge on any atom is 0.332 e. The minimum absolute atomic E-state index is 0. The van der Waals surface area contributed by atoms with Gasteiger partial charge in [-0.3, -0.25) is 5.41 Å². The number of nitrogens with two attached hydrogens (primary N) is 1. The first-order valence-electron chi connectivity index (χ1n) is 8.60. The van der Waals surface area contributed by atoms with Gasteiger partial charge in [-0.2, -0.15) is 0 Å². The lowest BCUT2D eigenvalue weighted by molar-refractivity contribution is -0.141. The summed E-state index contributed by atoms with van der Waals surface area (Å²) in [5.41, 5.74) is 8.44. The van der Waals surface area contributed by atoms with Gasteiger partial charge in [0, 0.05) is 25.3 Å². The zero-order valence-corrected chi connectivity index (χ0v) is 17.3. The van der Waals surface area contributed by atoms with Crippen molar-refractivity contribution in [3.05, 3.63) is 53.6 Å². The number of carbonyl (C=O) groups excluding carboxylic acids is 1. The van der Waals surface area contributed by atoms with E-state index in [1.165, 1.54) is 7.11 Å². The van der Waals surface area contributed by atoms with Crippen molar-refractivity contribution in [2.24, 2.45) is 5.73 Å². The van der Waals surface area contributed by atoms with Crippen molar-refractivity contribution in [3.8, 4) is 5.75 Å². The van der Waals surface area contributed by atoms with Crippen LogP contribution < -0.4 is 20.7 Å². The molecule has 28 heavy (non-hydrogen) atoms. The first-order chi connectivity index (χ1) is 12.9. The second-order valence-corrected chi connectivity index (χ2v) is 6.15. The third kappa shape index (κ3) is 5.53. The fourth-order valence-corrected chi connectivity index (χ4v) is 2.65. The molecule has 0 aliphatic heterocycles. The second kappa shape index (κ2) is 10.4. The fourth-order valence-electron chi connectivity index (χ4n) is 2.65. The molecule has 0 saturated carbocycles. The summed E-state index contributed by atoms with van der Waals surface area (Å²) in [5.74, 6) is 0.341. The third-order valence-corrected chi connectivity index (χ3v) is 4.04. The van der Waals surface area contributed by atoms with Gasteiger partial charge in [0.05, 0.1) is 19.4 Å². The molecule has 0 saturated heterocycles. The van der Waals surface area contributed by atoms with Crippen LogP contribution in [0.5, 0.6) is 5.75 Å². The van der Waals surface area contributed by atoms with Gasteiger partial charge in [0.25, 0.3) is 0 Å². The number of anilines is 2. The van der Waals surface area contributed by atoms with Gasteiger partial charge in [0.1, 0.15) is 11.6 Å². The van der Waals surface area contributed by atoms with Crippen LogP contribution in [-0.4, -0.2) is 39.6 Å². The van der Waals surface area contributed by atoms with Gasteiger partial charge in [0.2, 0.25) is 0 Å². The van der Waals surface area contributed by atoms with Crippen LogP contribution in [0.25, 0.3) is 0 Å². The molecule has 0 bridgehead atoms. The van der Waals surface area contributed by atoms with E-state index in [9.17, 15) is 4.79 Å². The highest BCUT2D eigenvalue weighted by Crippen LogP contribution is 2.32. The van der Waals surface area contributed by atoms with Crippen molar-refractivity contribution < 1.29 is 14.3 Å². The summed E-state index contributed by atoms with van der Waals surface area (Å²) < 4.78 is 10.6. The van der Waals surface area contributed by atoms with E-state index in [-0.39, 0.29) is 18.2 Å². The van der Waals surface area contributed by atoms with E-state index in [1.54, 1.807) is 24.3 Å². The summed E-state index contributed by atoms with van der Waals surface area (Å²) in [7, 11) is 5.20. The fraction of sp³-hybridized carbons (Fsp3) is 0.300. The number of nitrogen functional groups attached to an aromatic ring is 1. The number of hydrogen-bond donors (Lipinski definition) is 3. The van der Waals surface area contributed by atoms with Crippen LogP contribution >= 0.6 is 12.4 Å². The average molecular weight is 407 g/mol. The predicted octanol–water partition coefficient (Wildman–Crippen LogP) is 3.18. The number of carbonyl (C=O) groups is 1. The molecular formula is C20H27ClN4O3. The highest BCUT2D eigenvalue weighted by Gasteiger charge is 2.23. The molecule has 0 aliphatic carbocycles. The number of nitrogens with one attached hydrogen (secondary N) is 2. The molecule has 4 N–H and O–H groups in total. The number of amidine groups is 1. The maximum absolute atomic E-state index is 12.4. The second-order valence-electron chi connectivity index (χ2n) is 6.15. The number of halogens is 1. The molecular weight excluding hydrogens is 380 g/mol. The summed E-state index contributed by atoms with van der Waals surface area (Å²) in [6.07, 6.45) is 0. The summed E-state index contributed by atoms with van der Waals surface area (Å²) in [6, 6.07) is 11.9. The van der Waals surface area contributed by atoms with Crippen LogP contribution in [0, 0.1) is 5.41 Å². The van der Waals surface area contributed by atoms with Crippen LogP contribution in [0.1, 0.15) is 24.1 Å². The topological polar surface area (TPSA) is 101 Å². The summed E-state index contributed by atoms with van der Waals surface area (Å²) in [4.78, 5) is 14.3. The number of rotatable bonds is 8. The van der Waals surface area contributed by atoms with E-state index in [2.05, 4.69) is 5.32 Å². The summed E-state index contributed by atoms with van der Waals surface area (Å²) in [6.45, 7) is 2.48. The molecule has 2 aromatic rings. The van der Waals surface area contributed by atoms with E-state index in [4.69, 9.17) is 20.6 Å². The predicted molar refractivity (Wildman–Crippen MR) is 115 cm³/mol. The van der Waals surface area contributed by atoms with Crippen molar-refractivity contribution in [3.63, 3.8) is 0 Å². The maximum atomic E-state index is 12.4. The Morgan fingerprint density at radius 3 is 2.36 bits per heavy atom. The van der Waals surface area contributed by atoms with E-state index < -0.39 is 12.0 Å². The first kappa shape index (κ1) is 23.1. The molecule has 1 unspecified atom stereocenters. The average Bonchev–Trinajstić information content (AvgIpc) is 2.66.